The molecular weight excluding hydrogens is 366 g/mol. The molecule has 0 aliphatic carbocycles. The van der Waals surface area contributed by atoms with Crippen molar-refractivity contribution in [3.8, 4) is 0 Å². The van der Waals surface area contributed by atoms with E-state index in [1.54, 1.807) is 0 Å². The first kappa shape index (κ1) is 18.3. The predicted molar refractivity (Wildman–Crippen MR) is 111 cm³/mol. The Morgan fingerprint density at radius 3 is 2.59 bits per heavy atom. The van der Waals surface area contributed by atoms with Crippen LogP contribution in [0.1, 0.15) is 55.2 Å². The van der Waals surface area contributed by atoms with E-state index in [0.717, 1.165) is 24.0 Å². The Balaban J connectivity index is 1.70. The maximum absolute atomic E-state index is 13.4. The van der Waals surface area contributed by atoms with Crippen molar-refractivity contribution in [1.82, 2.24) is 4.90 Å². The van der Waals surface area contributed by atoms with Crippen molar-refractivity contribution in [3.63, 3.8) is 0 Å². The number of hydrogen-bond acceptors (Lipinski definition) is 4. The predicted octanol–water partition coefficient (Wildman–Crippen LogP) is 3.86. The smallest absolute Gasteiger partial charge is 0.256 e. The zero-order valence-electron chi connectivity index (χ0n) is 16.7. The number of anilines is 1. The number of carbonyl (C=O) groups is 1. The number of amides is 1. The van der Waals surface area contributed by atoms with E-state index in [1.807, 2.05) is 36.4 Å². The molecule has 0 bridgehead atoms. The molecule has 150 valence electrons. The molecule has 3 aliphatic heterocycles. The summed E-state index contributed by atoms with van der Waals surface area (Å²) in [5, 5.41) is 15.4. The van der Waals surface area contributed by atoms with Gasteiger partial charge in [0.1, 0.15) is 0 Å². The Kier molecular flexibility index (Phi) is 4.03. The number of carbonyl (C=O) groups excluding carboxylic acids is 1. The van der Waals surface area contributed by atoms with Gasteiger partial charge in [-0.25, -0.2) is 0 Å². The van der Waals surface area contributed by atoms with E-state index in [9.17, 15) is 14.9 Å². The van der Waals surface area contributed by atoms with Gasteiger partial charge < -0.3 is 5.32 Å². The molecule has 1 spiro atoms. The van der Waals surface area contributed by atoms with Crippen LogP contribution in [-0.2, 0) is 10.3 Å². The number of nitro groups is 1. The fourth-order valence-corrected chi connectivity index (χ4v) is 5.88. The molecule has 6 nitrogen and oxygen atoms in total. The molecule has 0 aromatic heterocycles. The number of rotatable bonds is 3. The molecule has 2 aromatic carbocycles. The van der Waals surface area contributed by atoms with Gasteiger partial charge in [-0.3, -0.25) is 19.8 Å². The molecule has 29 heavy (non-hydrogen) atoms. The second-order valence-electron chi connectivity index (χ2n) is 8.75. The molecule has 1 N–H and O–H groups in total. The topological polar surface area (TPSA) is 75.5 Å². The summed E-state index contributed by atoms with van der Waals surface area (Å²) in [6.07, 6.45) is 1.82. The van der Waals surface area contributed by atoms with Crippen LogP contribution in [0.5, 0.6) is 0 Å². The van der Waals surface area contributed by atoms with E-state index in [2.05, 4.69) is 36.2 Å². The van der Waals surface area contributed by atoms with Crippen LogP contribution in [-0.4, -0.2) is 34.4 Å². The van der Waals surface area contributed by atoms with Crippen LogP contribution in [0.4, 0.5) is 5.69 Å². The third-order valence-corrected chi connectivity index (χ3v) is 7.08. The van der Waals surface area contributed by atoms with Gasteiger partial charge in [0.2, 0.25) is 0 Å². The largest absolute Gasteiger partial charge is 0.324 e. The van der Waals surface area contributed by atoms with Crippen LogP contribution in [0.15, 0.2) is 48.5 Å². The minimum absolute atomic E-state index is 0.00722. The van der Waals surface area contributed by atoms with Crippen molar-refractivity contribution >= 4 is 11.6 Å². The maximum atomic E-state index is 13.4. The van der Waals surface area contributed by atoms with E-state index in [-0.39, 0.29) is 22.8 Å². The first-order valence-corrected chi connectivity index (χ1v) is 10.4. The lowest BCUT2D eigenvalue weighted by atomic mass is 9.77. The number of nitrogens with one attached hydrogen (secondary N) is 1. The van der Waals surface area contributed by atoms with Crippen molar-refractivity contribution in [3.05, 3.63) is 75.3 Å². The van der Waals surface area contributed by atoms with Crippen molar-refractivity contribution in [2.45, 2.75) is 56.1 Å². The van der Waals surface area contributed by atoms with Crippen LogP contribution in [0.3, 0.4) is 0 Å². The highest BCUT2D eigenvalue weighted by atomic mass is 16.6. The molecule has 3 heterocycles. The van der Waals surface area contributed by atoms with Crippen LogP contribution in [0.25, 0.3) is 0 Å². The summed E-state index contributed by atoms with van der Waals surface area (Å²) in [4.78, 5) is 27.8. The van der Waals surface area contributed by atoms with Gasteiger partial charge in [-0.2, -0.15) is 0 Å². The van der Waals surface area contributed by atoms with Gasteiger partial charge in [-0.05, 0) is 36.0 Å². The van der Waals surface area contributed by atoms with E-state index in [4.69, 9.17) is 0 Å². The SMILES string of the molecule is CC(C)c1ccc([C@@H]2[C@@H]3CCCN3[C@]3(C(=O)Nc4ccccc43)[C@@H]2[N+](=O)[O-])cc1. The first-order chi connectivity index (χ1) is 14.0. The van der Waals surface area contributed by atoms with Gasteiger partial charge in [0.25, 0.3) is 11.9 Å². The second-order valence-corrected chi connectivity index (χ2v) is 8.75. The van der Waals surface area contributed by atoms with Crippen molar-refractivity contribution in [2.24, 2.45) is 0 Å². The molecule has 0 radical (unpaired) electrons. The zero-order chi connectivity index (χ0) is 20.3. The lowest BCUT2D eigenvalue weighted by Crippen LogP contribution is -2.55. The van der Waals surface area contributed by atoms with Gasteiger partial charge in [-0.15, -0.1) is 0 Å². The molecule has 3 aliphatic rings. The highest BCUT2D eigenvalue weighted by Crippen LogP contribution is 2.57. The molecule has 2 saturated heterocycles. The monoisotopic (exact) mass is 391 g/mol. The van der Waals surface area contributed by atoms with Crippen LogP contribution < -0.4 is 5.32 Å². The lowest BCUT2D eigenvalue weighted by Gasteiger charge is -2.32. The third kappa shape index (κ3) is 2.35. The number of benzene rings is 2. The van der Waals surface area contributed by atoms with Gasteiger partial charge >= 0.3 is 0 Å². The summed E-state index contributed by atoms with van der Waals surface area (Å²) in [5.41, 5.74) is 2.39. The molecular formula is C23H25N3O3. The standard InChI is InChI=1S/C23H25N3O3/c1-14(2)15-9-11-16(12-10-15)20-19-8-5-13-25(19)23(21(20)26(28)29)17-6-3-4-7-18(17)24-22(23)27/h3-4,6-7,9-12,14,19-21H,5,8,13H2,1-2H3,(H,24,27)/t19-,20+,21+,23-/m0/s1. The quantitative estimate of drug-likeness (QED) is 0.637. The number of hydrogen-bond donors (Lipinski definition) is 1. The van der Waals surface area contributed by atoms with Gasteiger partial charge in [0, 0.05) is 28.8 Å². The van der Waals surface area contributed by atoms with Gasteiger partial charge in [0.05, 0.1) is 5.92 Å². The molecule has 6 heteroatoms. The number of para-hydroxylation sites is 1. The molecule has 0 saturated carbocycles. The number of nitrogens with zero attached hydrogens (tertiary/aromatic N) is 2. The summed E-state index contributed by atoms with van der Waals surface area (Å²) >= 11 is 0. The molecule has 1 amide bonds. The van der Waals surface area contributed by atoms with Crippen molar-refractivity contribution in [2.75, 3.05) is 11.9 Å². The second kappa shape index (κ2) is 6.39. The van der Waals surface area contributed by atoms with Crippen LogP contribution >= 0.6 is 0 Å². The Bertz CT molecular complexity index is 987. The average Bonchev–Trinajstić information content (AvgIpc) is 3.35. The Labute approximate surface area is 170 Å². The Morgan fingerprint density at radius 1 is 1.17 bits per heavy atom. The number of fused-ring (bicyclic) bond motifs is 4. The maximum Gasteiger partial charge on any atom is 0.256 e. The van der Waals surface area contributed by atoms with E-state index >= 15 is 0 Å². The Morgan fingerprint density at radius 2 is 1.90 bits per heavy atom. The van der Waals surface area contributed by atoms with Crippen LogP contribution in [0, 0.1) is 10.1 Å². The van der Waals surface area contributed by atoms with Crippen molar-refractivity contribution in [1.29, 1.82) is 0 Å². The third-order valence-electron chi connectivity index (χ3n) is 7.08. The van der Waals surface area contributed by atoms with E-state index in [1.165, 1.54) is 5.56 Å². The average molecular weight is 391 g/mol. The molecule has 0 unspecified atom stereocenters. The van der Waals surface area contributed by atoms with Crippen LogP contribution in [0.2, 0.25) is 0 Å². The summed E-state index contributed by atoms with van der Waals surface area (Å²) in [6.45, 7) is 4.98. The van der Waals surface area contributed by atoms with Crippen molar-refractivity contribution < 1.29 is 9.72 Å². The Hall–Kier alpha value is -2.73. The minimum atomic E-state index is -1.23. The first-order valence-electron chi connectivity index (χ1n) is 10.4. The molecule has 4 atom stereocenters. The summed E-state index contributed by atoms with van der Waals surface area (Å²) in [5.74, 6) is -0.167. The lowest BCUT2D eigenvalue weighted by molar-refractivity contribution is -0.534. The molecule has 2 aromatic rings. The van der Waals surface area contributed by atoms with E-state index in [0.29, 0.717) is 18.2 Å². The molecule has 2 fully saturated rings. The van der Waals surface area contributed by atoms with E-state index < -0.39 is 11.6 Å². The highest BCUT2D eigenvalue weighted by Gasteiger charge is 2.73. The van der Waals surface area contributed by atoms with Gasteiger partial charge in [-0.1, -0.05) is 56.3 Å². The normalized spacial score (nSPS) is 30.6. The fourth-order valence-electron chi connectivity index (χ4n) is 5.88. The zero-order valence-corrected chi connectivity index (χ0v) is 16.7. The minimum Gasteiger partial charge on any atom is -0.324 e. The summed E-state index contributed by atoms with van der Waals surface area (Å²) in [7, 11) is 0. The highest BCUT2D eigenvalue weighted by molar-refractivity contribution is 6.07. The van der Waals surface area contributed by atoms with Gasteiger partial charge in [0.15, 0.2) is 5.54 Å². The summed E-state index contributed by atoms with van der Waals surface area (Å²) in [6, 6.07) is 14.6. The molecule has 5 rings (SSSR count). The summed E-state index contributed by atoms with van der Waals surface area (Å²) < 4.78 is 0. The fraction of sp³-hybridized carbons (Fsp3) is 0.435.